The van der Waals surface area contributed by atoms with Crippen LogP contribution >= 0.6 is 0 Å². The van der Waals surface area contributed by atoms with Crippen LogP contribution in [0.5, 0.6) is 0 Å². The molecule has 3 heteroatoms. The predicted octanol–water partition coefficient (Wildman–Crippen LogP) is 1.16. The first-order valence-corrected chi connectivity index (χ1v) is 3.91. The second-order valence-electron chi connectivity index (χ2n) is 2.80. The third kappa shape index (κ3) is 1.23. The quantitative estimate of drug-likeness (QED) is 0.547. The monoisotopic (exact) mass is 170 g/mol. The number of carbonyl (C=O) groups is 1. The van der Waals surface area contributed by atoms with E-state index in [1.54, 1.807) is 12.2 Å². The van der Waals surface area contributed by atoms with Crippen LogP contribution in [0.15, 0.2) is 40.9 Å². The molecule has 0 spiro atoms. The van der Waals surface area contributed by atoms with E-state index in [9.17, 15) is 4.79 Å². The molecule has 1 unspecified atom stereocenters. The highest BCUT2D eigenvalue weighted by molar-refractivity contribution is 6.14. The summed E-state index contributed by atoms with van der Waals surface area (Å²) in [6.07, 6.45) is 9.04. The summed E-state index contributed by atoms with van der Waals surface area (Å²) in [6, 6.07) is 1.83. The minimum atomic E-state index is -0.436. The number of carbonyl (C=O) groups excluding carboxylic acids is 1. The number of dihydropyridines is 1. The zero-order valence-electron chi connectivity index (χ0n) is 6.77. The van der Waals surface area contributed by atoms with Crippen LogP contribution < -0.4 is 0 Å². The molecule has 1 aliphatic heterocycles. The summed E-state index contributed by atoms with van der Waals surface area (Å²) in [6.45, 7) is 0. The lowest BCUT2D eigenvalue weighted by atomic mass is 9.93. The van der Waals surface area contributed by atoms with Crippen molar-refractivity contribution in [3.63, 3.8) is 0 Å². The average molecular weight is 170 g/mol. The number of aliphatic imine (C=N–C) groups is 1. The van der Waals surface area contributed by atoms with Crippen molar-refractivity contribution in [2.75, 3.05) is 0 Å². The molecule has 0 saturated carbocycles. The van der Waals surface area contributed by atoms with Crippen LogP contribution in [0.4, 0.5) is 0 Å². The van der Waals surface area contributed by atoms with Gasteiger partial charge in [0, 0.05) is 5.92 Å². The second kappa shape index (κ2) is 2.83. The highest BCUT2D eigenvalue weighted by atomic mass is 16.1. The molecule has 0 aromatic carbocycles. The lowest BCUT2D eigenvalue weighted by molar-refractivity contribution is -0.114. The van der Waals surface area contributed by atoms with Crippen molar-refractivity contribution in [2.45, 2.75) is 0 Å². The van der Waals surface area contributed by atoms with Gasteiger partial charge in [0.1, 0.15) is 11.6 Å². The Morgan fingerprint density at radius 1 is 1.46 bits per heavy atom. The molecule has 1 amide bonds. The van der Waals surface area contributed by atoms with Crippen LogP contribution in [0.25, 0.3) is 0 Å². The van der Waals surface area contributed by atoms with Crippen molar-refractivity contribution in [1.82, 2.24) is 0 Å². The van der Waals surface area contributed by atoms with Crippen LogP contribution in [-0.2, 0) is 4.79 Å². The predicted molar refractivity (Wildman–Crippen MR) is 47.9 cm³/mol. The molecular weight excluding hydrogens is 164 g/mol. The molecule has 1 heterocycles. The van der Waals surface area contributed by atoms with Crippen LogP contribution in [0.1, 0.15) is 0 Å². The normalized spacial score (nSPS) is 24.5. The maximum absolute atomic E-state index is 11.1. The minimum Gasteiger partial charge on any atom is -0.266 e. The number of allylic oxidation sites excluding steroid dienone is 5. The molecule has 1 atom stereocenters. The molecule has 0 aromatic rings. The highest BCUT2D eigenvalue weighted by Crippen LogP contribution is 2.18. The van der Waals surface area contributed by atoms with Crippen molar-refractivity contribution in [2.24, 2.45) is 10.9 Å². The van der Waals surface area contributed by atoms with Crippen molar-refractivity contribution < 1.29 is 4.79 Å². The van der Waals surface area contributed by atoms with Gasteiger partial charge in [-0.1, -0.05) is 18.2 Å². The molecule has 0 fully saturated rings. The molecule has 2 aliphatic rings. The number of hydrogen-bond acceptors (Lipinski definition) is 2. The summed E-state index contributed by atoms with van der Waals surface area (Å²) in [5.41, 5.74) is 0.847. The first-order valence-electron chi connectivity index (χ1n) is 3.91. The molecule has 2 rings (SSSR count). The smallest absolute Gasteiger partial charge is 0.266 e. The molecule has 13 heavy (non-hydrogen) atoms. The number of nitriles is 1. The number of rotatable bonds is 0. The summed E-state index contributed by atoms with van der Waals surface area (Å²) in [5, 5.41) is 8.60. The Morgan fingerprint density at radius 2 is 2.31 bits per heavy atom. The van der Waals surface area contributed by atoms with E-state index in [0.717, 1.165) is 0 Å². The maximum Gasteiger partial charge on any atom is 0.287 e. The Bertz CT molecular complexity index is 419. The summed E-state index contributed by atoms with van der Waals surface area (Å²) in [5.74, 6) is -0.439. The van der Waals surface area contributed by atoms with E-state index in [0.29, 0.717) is 5.71 Å². The van der Waals surface area contributed by atoms with Crippen molar-refractivity contribution in [3.8, 4) is 6.07 Å². The highest BCUT2D eigenvalue weighted by Gasteiger charge is 2.21. The van der Waals surface area contributed by atoms with Gasteiger partial charge < -0.3 is 0 Å². The van der Waals surface area contributed by atoms with E-state index < -0.39 is 5.91 Å². The fourth-order valence-electron chi connectivity index (χ4n) is 1.31. The summed E-state index contributed by atoms with van der Waals surface area (Å²) in [7, 11) is 0. The topological polar surface area (TPSA) is 53.2 Å². The molecule has 0 N–H and O–H groups in total. The van der Waals surface area contributed by atoms with Gasteiger partial charge in [-0.3, -0.25) is 4.79 Å². The van der Waals surface area contributed by atoms with Crippen LogP contribution in [0, 0.1) is 17.2 Å². The lowest BCUT2D eigenvalue weighted by Crippen LogP contribution is -2.18. The Balaban J connectivity index is 2.43. The summed E-state index contributed by atoms with van der Waals surface area (Å²) < 4.78 is 0. The number of hydrogen-bond donors (Lipinski definition) is 0. The Morgan fingerprint density at radius 3 is 3.08 bits per heavy atom. The van der Waals surface area contributed by atoms with Crippen LogP contribution in [-0.4, -0.2) is 11.6 Å². The fraction of sp³-hybridized carbons (Fsp3) is 0.100. The van der Waals surface area contributed by atoms with Gasteiger partial charge in [0.2, 0.25) is 0 Å². The first kappa shape index (κ1) is 7.69. The van der Waals surface area contributed by atoms with Crippen molar-refractivity contribution >= 4 is 11.6 Å². The zero-order valence-corrected chi connectivity index (χ0v) is 6.77. The standard InChI is InChI=1S/C10H6N2O/c11-6-8-5-7-3-1-2-4-9(7)12-10(8)13/h1-5,7H. The van der Waals surface area contributed by atoms with Gasteiger partial charge in [-0.2, -0.15) is 5.26 Å². The molecule has 0 bridgehead atoms. The number of nitrogens with zero attached hydrogens (tertiary/aromatic N) is 2. The number of fused-ring (bicyclic) bond motifs is 1. The van der Waals surface area contributed by atoms with E-state index in [4.69, 9.17) is 5.26 Å². The van der Waals surface area contributed by atoms with Crippen molar-refractivity contribution in [1.29, 1.82) is 5.26 Å². The van der Waals surface area contributed by atoms with Gasteiger partial charge in [-0.05, 0) is 12.2 Å². The van der Waals surface area contributed by atoms with E-state index in [-0.39, 0.29) is 11.5 Å². The molecule has 0 aromatic heterocycles. The molecule has 0 saturated heterocycles. The van der Waals surface area contributed by atoms with E-state index in [1.165, 1.54) is 0 Å². The third-order valence-electron chi connectivity index (χ3n) is 1.97. The van der Waals surface area contributed by atoms with Gasteiger partial charge in [0.05, 0.1) is 5.71 Å². The van der Waals surface area contributed by atoms with Crippen LogP contribution in [0.2, 0.25) is 0 Å². The summed E-state index contributed by atoms with van der Waals surface area (Å²) >= 11 is 0. The molecular formula is C10H6N2O. The van der Waals surface area contributed by atoms with E-state index in [1.807, 2.05) is 24.3 Å². The maximum atomic E-state index is 11.1. The molecule has 1 aliphatic carbocycles. The Kier molecular flexibility index (Phi) is 1.67. The Labute approximate surface area is 75.4 Å². The first-order chi connectivity index (χ1) is 6.31. The van der Waals surface area contributed by atoms with Gasteiger partial charge in [-0.25, -0.2) is 4.99 Å². The molecule has 3 nitrogen and oxygen atoms in total. The second-order valence-corrected chi connectivity index (χ2v) is 2.80. The third-order valence-corrected chi connectivity index (χ3v) is 1.97. The average Bonchev–Trinajstić information content (AvgIpc) is 2.17. The largest absolute Gasteiger partial charge is 0.287 e. The van der Waals surface area contributed by atoms with Crippen LogP contribution in [0.3, 0.4) is 0 Å². The van der Waals surface area contributed by atoms with Gasteiger partial charge in [0.25, 0.3) is 5.91 Å². The minimum absolute atomic E-state index is 0.00245. The zero-order chi connectivity index (χ0) is 9.26. The van der Waals surface area contributed by atoms with Gasteiger partial charge in [-0.15, -0.1) is 0 Å². The van der Waals surface area contributed by atoms with Gasteiger partial charge in [0.15, 0.2) is 0 Å². The van der Waals surface area contributed by atoms with Crippen molar-refractivity contribution in [3.05, 3.63) is 36.0 Å². The fourth-order valence-corrected chi connectivity index (χ4v) is 1.31. The summed E-state index contributed by atoms with van der Waals surface area (Å²) in [4.78, 5) is 14.9. The molecule has 0 radical (unpaired) electrons. The number of amides is 1. The molecule has 62 valence electrons. The Hall–Kier alpha value is -1.95. The lowest BCUT2D eigenvalue weighted by Gasteiger charge is -2.15. The van der Waals surface area contributed by atoms with Gasteiger partial charge >= 0.3 is 0 Å². The SMILES string of the molecule is N#CC1=CC2C=CC=CC2=NC1=O. The van der Waals surface area contributed by atoms with E-state index >= 15 is 0 Å². The van der Waals surface area contributed by atoms with E-state index in [2.05, 4.69) is 4.99 Å².